The largest absolute Gasteiger partial charge is 0.347 e. The Kier molecular flexibility index (Phi) is 4.13. The van der Waals surface area contributed by atoms with Gasteiger partial charge in [0, 0.05) is 27.7 Å². The molecule has 0 unspecified atom stereocenters. The molecule has 2 aromatic rings. The van der Waals surface area contributed by atoms with E-state index in [0.29, 0.717) is 17.8 Å². The highest BCUT2D eigenvalue weighted by Gasteiger charge is 2.11. The Morgan fingerprint density at radius 2 is 1.95 bits per heavy atom. The number of nitrogens with zero attached hydrogens (tertiary/aromatic N) is 5. The third-order valence-corrected chi connectivity index (χ3v) is 3.21. The number of hydrogen-bond donors (Lipinski definition) is 2. The Hall–Kier alpha value is -1.93. The minimum Gasteiger partial charge on any atom is -0.347 e. The number of hydrazine groups is 1. The average Bonchev–Trinajstić information content (AvgIpc) is 2.90. The van der Waals surface area contributed by atoms with Crippen LogP contribution in [-0.4, -0.2) is 36.1 Å². The van der Waals surface area contributed by atoms with Crippen LogP contribution in [0.25, 0.3) is 0 Å². The molecule has 0 radical (unpaired) electrons. The van der Waals surface area contributed by atoms with E-state index in [1.54, 1.807) is 11.3 Å². The molecule has 2 rings (SSSR count). The molecule has 19 heavy (non-hydrogen) atoms. The van der Waals surface area contributed by atoms with Crippen LogP contribution in [0.15, 0.2) is 16.8 Å². The zero-order chi connectivity index (χ0) is 13.8. The van der Waals surface area contributed by atoms with Gasteiger partial charge in [-0.2, -0.15) is 26.3 Å². The highest BCUT2D eigenvalue weighted by Crippen LogP contribution is 2.16. The lowest BCUT2D eigenvalue weighted by Gasteiger charge is -2.19. The maximum Gasteiger partial charge on any atom is 0.243 e. The predicted molar refractivity (Wildman–Crippen MR) is 78.4 cm³/mol. The highest BCUT2D eigenvalue weighted by atomic mass is 32.1. The number of aromatic nitrogens is 3. The Bertz CT molecular complexity index is 526. The van der Waals surface area contributed by atoms with E-state index in [1.807, 2.05) is 30.9 Å². The van der Waals surface area contributed by atoms with Gasteiger partial charge in [0.2, 0.25) is 17.8 Å². The van der Waals surface area contributed by atoms with Crippen molar-refractivity contribution >= 4 is 29.2 Å². The molecule has 0 spiro atoms. The molecule has 0 atom stereocenters. The SMILES string of the molecule is CN(C)c1nc(NN)nc(N(C)Cc2ccsc2)n1. The lowest BCUT2D eigenvalue weighted by Crippen LogP contribution is -2.23. The van der Waals surface area contributed by atoms with Gasteiger partial charge >= 0.3 is 0 Å². The van der Waals surface area contributed by atoms with Crippen LogP contribution in [-0.2, 0) is 6.54 Å². The Balaban J connectivity index is 2.24. The van der Waals surface area contributed by atoms with E-state index >= 15 is 0 Å². The van der Waals surface area contributed by atoms with Crippen molar-refractivity contribution in [3.8, 4) is 0 Å². The molecule has 0 bridgehead atoms. The summed E-state index contributed by atoms with van der Waals surface area (Å²) in [5.41, 5.74) is 3.69. The van der Waals surface area contributed by atoms with Crippen molar-refractivity contribution in [3.05, 3.63) is 22.4 Å². The van der Waals surface area contributed by atoms with Gasteiger partial charge in [-0.15, -0.1) is 0 Å². The summed E-state index contributed by atoms with van der Waals surface area (Å²) >= 11 is 1.67. The molecular weight excluding hydrogens is 262 g/mol. The first kappa shape index (κ1) is 13.5. The zero-order valence-corrected chi connectivity index (χ0v) is 12.0. The van der Waals surface area contributed by atoms with Gasteiger partial charge in [0.15, 0.2) is 0 Å². The normalized spacial score (nSPS) is 10.3. The quantitative estimate of drug-likeness (QED) is 0.622. The third-order valence-electron chi connectivity index (χ3n) is 2.48. The lowest BCUT2D eigenvalue weighted by atomic mass is 10.3. The summed E-state index contributed by atoms with van der Waals surface area (Å²) in [6, 6.07) is 2.08. The van der Waals surface area contributed by atoms with E-state index in [4.69, 9.17) is 5.84 Å². The number of nitrogen functional groups attached to an aromatic ring is 1. The summed E-state index contributed by atoms with van der Waals surface area (Å²) in [6.45, 7) is 0.740. The molecule has 2 heterocycles. The monoisotopic (exact) mass is 279 g/mol. The molecule has 0 aliphatic rings. The summed E-state index contributed by atoms with van der Waals surface area (Å²) in [4.78, 5) is 16.6. The first-order chi connectivity index (χ1) is 9.10. The smallest absolute Gasteiger partial charge is 0.243 e. The second-order valence-electron chi connectivity index (χ2n) is 4.29. The zero-order valence-electron chi connectivity index (χ0n) is 11.2. The van der Waals surface area contributed by atoms with E-state index < -0.39 is 0 Å². The van der Waals surface area contributed by atoms with Crippen LogP contribution < -0.4 is 21.1 Å². The minimum absolute atomic E-state index is 0.353. The summed E-state index contributed by atoms with van der Waals surface area (Å²) in [5.74, 6) is 6.88. The molecule has 0 saturated carbocycles. The van der Waals surface area contributed by atoms with Crippen LogP contribution in [0.2, 0.25) is 0 Å². The van der Waals surface area contributed by atoms with Crippen LogP contribution >= 0.6 is 11.3 Å². The average molecular weight is 279 g/mol. The van der Waals surface area contributed by atoms with Crippen LogP contribution in [0.1, 0.15) is 5.56 Å². The fourth-order valence-corrected chi connectivity index (χ4v) is 2.18. The van der Waals surface area contributed by atoms with Crippen molar-refractivity contribution in [3.63, 3.8) is 0 Å². The summed E-state index contributed by atoms with van der Waals surface area (Å²) in [7, 11) is 5.68. The molecular formula is C11H17N7S. The molecule has 3 N–H and O–H groups in total. The van der Waals surface area contributed by atoms with Gasteiger partial charge in [0.25, 0.3) is 0 Å². The molecule has 2 aromatic heterocycles. The number of nitrogens with one attached hydrogen (secondary N) is 1. The fourth-order valence-electron chi connectivity index (χ4n) is 1.52. The molecule has 0 fully saturated rings. The van der Waals surface area contributed by atoms with Gasteiger partial charge < -0.3 is 9.80 Å². The van der Waals surface area contributed by atoms with Crippen LogP contribution in [0.5, 0.6) is 0 Å². The molecule has 7 nitrogen and oxygen atoms in total. The van der Waals surface area contributed by atoms with Crippen molar-refractivity contribution in [2.45, 2.75) is 6.54 Å². The standard InChI is InChI=1S/C11H17N7S/c1-17(2)10-13-9(16-12)14-11(15-10)18(3)6-8-4-5-19-7-8/h4-5,7H,6,12H2,1-3H3,(H,13,14,15,16). The van der Waals surface area contributed by atoms with Crippen molar-refractivity contribution < 1.29 is 0 Å². The number of thiophene rings is 1. The summed E-state index contributed by atoms with van der Waals surface area (Å²) in [6.07, 6.45) is 0. The van der Waals surface area contributed by atoms with Crippen LogP contribution in [0.4, 0.5) is 17.8 Å². The summed E-state index contributed by atoms with van der Waals surface area (Å²) < 4.78 is 0. The lowest BCUT2D eigenvalue weighted by molar-refractivity contribution is 0.844. The number of hydrogen-bond acceptors (Lipinski definition) is 8. The van der Waals surface area contributed by atoms with Gasteiger partial charge in [-0.1, -0.05) is 0 Å². The number of anilines is 3. The van der Waals surface area contributed by atoms with E-state index in [-0.39, 0.29) is 0 Å². The van der Waals surface area contributed by atoms with E-state index in [9.17, 15) is 0 Å². The Morgan fingerprint density at radius 1 is 1.21 bits per heavy atom. The third kappa shape index (κ3) is 3.30. The van der Waals surface area contributed by atoms with Gasteiger partial charge in [0.1, 0.15) is 0 Å². The van der Waals surface area contributed by atoms with Crippen molar-refractivity contribution in [2.75, 3.05) is 36.4 Å². The van der Waals surface area contributed by atoms with Crippen molar-refractivity contribution in [2.24, 2.45) is 5.84 Å². The Labute approximate surface area is 116 Å². The number of nitrogens with two attached hydrogens (primary N) is 1. The topological polar surface area (TPSA) is 83.2 Å². The van der Waals surface area contributed by atoms with Gasteiger partial charge in [0.05, 0.1) is 0 Å². The number of rotatable bonds is 5. The fraction of sp³-hybridized carbons (Fsp3) is 0.364. The first-order valence-electron chi connectivity index (χ1n) is 5.72. The molecule has 0 aromatic carbocycles. The highest BCUT2D eigenvalue weighted by molar-refractivity contribution is 7.07. The molecule has 102 valence electrons. The predicted octanol–water partition coefficient (Wildman–Crippen LogP) is 0.921. The van der Waals surface area contributed by atoms with E-state index in [2.05, 4.69) is 37.2 Å². The second kappa shape index (κ2) is 5.81. The molecule has 0 saturated heterocycles. The van der Waals surface area contributed by atoms with Crippen molar-refractivity contribution in [1.29, 1.82) is 0 Å². The van der Waals surface area contributed by atoms with E-state index in [0.717, 1.165) is 6.54 Å². The van der Waals surface area contributed by atoms with E-state index in [1.165, 1.54) is 5.56 Å². The summed E-state index contributed by atoms with van der Waals surface area (Å²) in [5, 5.41) is 4.15. The second-order valence-corrected chi connectivity index (χ2v) is 5.07. The van der Waals surface area contributed by atoms with Gasteiger partial charge in [-0.25, -0.2) is 5.84 Å². The van der Waals surface area contributed by atoms with Crippen molar-refractivity contribution in [1.82, 2.24) is 15.0 Å². The molecule has 0 aliphatic carbocycles. The van der Waals surface area contributed by atoms with Gasteiger partial charge in [-0.3, -0.25) is 5.43 Å². The maximum atomic E-state index is 5.39. The Morgan fingerprint density at radius 3 is 2.53 bits per heavy atom. The molecule has 8 heteroatoms. The maximum absolute atomic E-state index is 5.39. The van der Waals surface area contributed by atoms with Crippen LogP contribution in [0, 0.1) is 0 Å². The van der Waals surface area contributed by atoms with Gasteiger partial charge in [-0.05, 0) is 22.4 Å². The minimum atomic E-state index is 0.353. The molecule has 0 amide bonds. The molecule has 0 aliphatic heterocycles. The van der Waals surface area contributed by atoms with Crippen LogP contribution in [0.3, 0.4) is 0 Å². The first-order valence-corrected chi connectivity index (χ1v) is 6.66.